The fourth-order valence-electron chi connectivity index (χ4n) is 0. The summed E-state index contributed by atoms with van der Waals surface area (Å²) >= 11 is 0. The molecule has 0 N–H and O–H groups in total. The van der Waals surface area contributed by atoms with Gasteiger partial charge in [-0.2, -0.15) is 0 Å². The van der Waals surface area contributed by atoms with E-state index in [9.17, 15) is 0 Å². The van der Waals surface area contributed by atoms with E-state index in [2.05, 4.69) is 11.6 Å². The van der Waals surface area contributed by atoms with Crippen LogP contribution in [0.5, 0.6) is 0 Å². The molecule has 0 bridgehead atoms. The van der Waals surface area contributed by atoms with Crippen molar-refractivity contribution in [1.82, 2.24) is 4.72 Å². The fourth-order valence-corrected chi connectivity index (χ4v) is 0. The van der Waals surface area contributed by atoms with Gasteiger partial charge in [-0.25, -0.2) is 0 Å². The fraction of sp³-hybridized carbons (Fsp3) is 1.00. The molecule has 0 aromatic heterocycles. The molecule has 0 unspecified atom stereocenters. The first-order chi connectivity index (χ1) is 2.27. The van der Waals surface area contributed by atoms with Crippen LogP contribution in [0.1, 0.15) is 6.92 Å². The Balaban J connectivity index is 2.54. The van der Waals surface area contributed by atoms with Crippen LogP contribution in [0.25, 0.3) is 0 Å². The monoisotopic (exact) mass is 71.1 g/mol. The summed E-state index contributed by atoms with van der Waals surface area (Å²) in [6.07, 6.45) is 0. The van der Waals surface area contributed by atoms with Crippen LogP contribution in [0.4, 0.5) is 0 Å². The van der Waals surface area contributed by atoms with Crippen LogP contribution >= 0.6 is 0 Å². The number of nitrogens with zero attached hydrogens (tertiary/aromatic N) is 1. The second kappa shape index (κ2) is 2.33. The molecule has 0 aliphatic carbocycles. The second-order valence-electron chi connectivity index (χ2n) is 0.316. The first kappa shape index (κ1) is 5.09. The minimum absolute atomic E-state index is 0.632. The van der Waals surface area contributed by atoms with Gasteiger partial charge in [0.2, 0.25) is 0 Å². The van der Waals surface area contributed by atoms with Gasteiger partial charge < -0.3 is 4.72 Å². The summed E-state index contributed by atoms with van der Waals surface area (Å²) in [5.74, 6) is 0. The van der Waals surface area contributed by atoms with E-state index in [-0.39, 0.29) is 0 Å². The van der Waals surface area contributed by atoms with Crippen LogP contribution in [0.15, 0.2) is 0 Å². The number of rotatable bonds is 1. The van der Waals surface area contributed by atoms with E-state index < -0.39 is 0 Å². The van der Waals surface area contributed by atoms with Gasteiger partial charge in [0.25, 0.3) is 0 Å². The number of hydrogen-bond acceptors (Lipinski definition) is 1. The lowest BCUT2D eigenvalue weighted by molar-refractivity contribution is 0.746. The van der Waals surface area contributed by atoms with Crippen LogP contribution in [-0.2, 0) is 0 Å². The largest absolute Gasteiger partial charge is 0.670 e. The molecule has 0 amide bonds. The van der Waals surface area contributed by atoms with Crippen molar-refractivity contribution in [2.45, 2.75) is 6.92 Å². The summed E-state index contributed by atoms with van der Waals surface area (Å²) in [5, 5.41) is 0. The zero-order valence-corrected chi connectivity index (χ0v) is 2.15. The second-order valence-corrected chi connectivity index (χ2v) is 0.316. The molecule has 0 saturated carbocycles. The molecule has 0 fully saturated rings. The van der Waals surface area contributed by atoms with E-state index in [0.29, 0.717) is 16.0 Å². The molecular weight excluding hydrogens is 59.7 g/mol. The molecular formula is C2H11B2N-2. The highest BCUT2D eigenvalue weighted by Crippen LogP contribution is 1.60. The van der Waals surface area contributed by atoms with Crippen molar-refractivity contribution < 1.29 is 0 Å². The maximum atomic E-state index is 2.62. The first-order valence-electron chi connectivity index (χ1n) is 1.02. The van der Waals surface area contributed by atoms with Crippen molar-refractivity contribution in [2.24, 2.45) is 0 Å². The average molecular weight is 70.7 g/mol. The molecule has 0 heterocycles. The SMILES string of the molecule is [BH3-]N([BH3-])CC. The summed E-state index contributed by atoms with van der Waals surface area (Å²) in [4.78, 5) is 0. The molecule has 5 heavy (non-hydrogen) atoms. The van der Waals surface area contributed by atoms with E-state index in [4.69, 9.17) is 0 Å². The van der Waals surface area contributed by atoms with E-state index in [1.165, 1.54) is 6.54 Å². The van der Waals surface area contributed by atoms with Crippen LogP contribution < -0.4 is 0 Å². The van der Waals surface area contributed by atoms with Crippen molar-refractivity contribution in [3.05, 3.63) is 0 Å². The minimum atomic E-state index is 0.632. The third kappa shape index (κ3) is 4.09. The summed E-state index contributed by atoms with van der Waals surface area (Å²) < 4.78 is 2.62. The van der Waals surface area contributed by atoms with Gasteiger partial charge in [-0.1, -0.05) is 13.5 Å². The first-order valence-corrected chi connectivity index (χ1v) is 1.02. The van der Waals surface area contributed by atoms with Crippen molar-refractivity contribution in [3.63, 3.8) is 0 Å². The van der Waals surface area contributed by atoms with E-state index in [1.807, 2.05) is 0 Å². The molecule has 0 saturated heterocycles. The lowest BCUT2D eigenvalue weighted by Crippen LogP contribution is -2.13. The molecule has 1 nitrogen and oxygen atoms in total. The van der Waals surface area contributed by atoms with Gasteiger partial charge in [0.1, 0.15) is 0 Å². The standard InChI is InChI=1S/C2H11B2N/c1-2-5(3)4/h2H2,1,3-4H3/q-2. The minimum Gasteiger partial charge on any atom is -0.670 e. The quantitative estimate of drug-likeness (QED) is 0.319. The summed E-state index contributed by atoms with van der Waals surface area (Å²) in [6, 6.07) is 0. The Morgan fingerprint density at radius 2 is 1.80 bits per heavy atom. The Morgan fingerprint density at radius 1 is 1.60 bits per heavy atom. The van der Waals surface area contributed by atoms with Gasteiger partial charge in [-0.15, -0.1) is 0 Å². The normalized spacial score (nSPS) is 9.60. The zero-order valence-electron chi connectivity index (χ0n) is 2.15. The molecule has 0 spiro atoms. The molecule has 0 aliphatic rings. The van der Waals surface area contributed by atoms with Gasteiger partial charge >= 0.3 is 0 Å². The average Bonchev–Trinajstić information content (AvgIpc) is 1.38. The van der Waals surface area contributed by atoms with E-state index in [1.54, 1.807) is 0 Å². The van der Waals surface area contributed by atoms with Crippen molar-refractivity contribution in [2.75, 3.05) is 6.54 Å². The van der Waals surface area contributed by atoms with E-state index in [0.717, 1.165) is 0 Å². The van der Waals surface area contributed by atoms with E-state index >= 15 is 0 Å². The topological polar surface area (TPSA) is 3.24 Å². The lowest BCUT2D eigenvalue weighted by atomic mass is 10.2. The molecule has 0 aliphatic heterocycles. The Bertz CT molecular complexity index is 21.6. The molecule has 0 radical (unpaired) electrons. The predicted molar refractivity (Wildman–Crippen MR) is 32.3 cm³/mol. The third-order valence-corrected chi connectivity index (χ3v) is 0. The van der Waals surface area contributed by atoms with Gasteiger partial charge in [-0.05, 0) is 16.0 Å². The smallest absolute Gasteiger partial charge is 0.0251 e. The number of hydrogen-bond donors (Lipinski definition) is 0. The zero-order chi connectivity index (χ0) is 4.28. The maximum absolute atomic E-state index is 2.62. The molecule has 32 valence electrons. The van der Waals surface area contributed by atoms with Crippen molar-refractivity contribution in [3.8, 4) is 0 Å². The summed E-state index contributed by atoms with van der Waals surface area (Å²) in [5.41, 5.74) is 0. The Kier molecular flexibility index (Phi) is 2.38. The van der Waals surface area contributed by atoms with Crippen molar-refractivity contribution in [1.29, 1.82) is 0 Å². The van der Waals surface area contributed by atoms with Crippen LogP contribution in [-0.4, -0.2) is 27.2 Å². The predicted octanol–water partition coefficient (Wildman–Crippen LogP) is -2.13. The summed E-state index contributed by atoms with van der Waals surface area (Å²) in [6.45, 7) is 3.61. The molecule has 3 heteroatoms. The molecule has 0 aromatic carbocycles. The highest BCUT2D eigenvalue weighted by Gasteiger charge is 1.57. The van der Waals surface area contributed by atoms with Gasteiger partial charge in [0, 0.05) is 0 Å². The maximum Gasteiger partial charge on any atom is -0.0251 e. The highest BCUT2D eigenvalue weighted by molar-refractivity contribution is 6.24. The van der Waals surface area contributed by atoms with Crippen molar-refractivity contribution >= 4 is 16.0 Å². The molecule has 0 aromatic rings. The Labute approximate surface area is 35.2 Å². The Hall–Kier alpha value is 0.0899. The van der Waals surface area contributed by atoms with Crippen LogP contribution in [0.2, 0.25) is 0 Å². The van der Waals surface area contributed by atoms with Crippen LogP contribution in [0, 0.1) is 0 Å². The third-order valence-electron chi connectivity index (χ3n) is 0. The molecule has 0 atom stereocenters. The molecule has 0 rings (SSSR count). The highest BCUT2D eigenvalue weighted by atomic mass is 14.9. The van der Waals surface area contributed by atoms with Gasteiger partial charge in [0.05, 0.1) is 0 Å². The Morgan fingerprint density at radius 3 is 1.80 bits per heavy atom. The van der Waals surface area contributed by atoms with Gasteiger partial charge in [0.15, 0.2) is 0 Å². The summed E-state index contributed by atoms with van der Waals surface area (Å²) in [7, 11) is 1.26. The van der Waals surface area contributed by atoms with Gasteiger partial charge in [-0.3, -0.25) is 0 Å². The van der Waals surface area contributed by atoms with Crippen LogP contribution in [0.3, 0.4) is 0 Å². The lowest BCUT2D eigenvalue weighted by Gasteiger charge is -2.20.